The van der Waals surface area contributed by atoms with Crippen LogP contribution in [-0.2, 0) is 22.9 Å². The Morgan fingerprint density at radius 1 is 1.00 bits per heavy atom. The van der Waals surface area contributed by atoms with Crippen molar-refractivity contribution in [1.29, 1.82) is 0 Å². The van der Waals surface area contributed by atoms with E-state index in [2.05, 4.69) is 5.32 Å². The maximum Gasteiger partial charge on any atom is 0.416 e. The zero-order valence-corrected chi connectivity index (χ0v) is 22.0. The van der Waals surface area contributed by atoms with Gasteiger partial charge in [-0.2, -0.15) is 18.3 Å². The standard InChI is InChI=1S/C29H29F3N4O3/c1-19-8-5-6-10-23(19)36-25(16-24(34-36)28(2,3)4)33-26(37)18-35(17-22-9-7-15-39-22)27(38)20-11-13-21(14-12-20)29(30,31)32/h5-16H,17-18H2,1-4H3,(H,33,37). The van der Waals surface area contributed by atoms with Gasteiger partial charge in [-0.15, -0.1) is 0 Å². The fourth-order valence-electron chi connectivity index (χ4n) is 3.95. The number of aryl methyl sites for hydroxylation is 1. The van der Waals surface area contributed by atoms with Crippen molar-refractivity contribution < 1.29 is 27.2 Å². The average molecular weight is 539 g/mol. The first-order chi connectivity index (χ1) is 18.3. The summed E-state index contributed by atoms with van der Waals surface area (Å²) in [7, 11) is 0. The van der Waals surface area contributed by atoms with E-state index in [1.165, 1.54) is 11.2 Å². The molecule has 0 unspecified atom stereocenters. The summed E-state index contributed by atoms with van der Waals surface area (Å²) < 4.78 is 46.0. The summed E-state index contributed by atoms with van der Waals surface area (Å²) in [6, 6.07) is 16.6. The highest BCUT2D eigenvalue weighted by molar-refractivity contribution is 5.99. The largest absolute Gasteiger partial charge is 0.467 e. The molecule has 2 heterocycles. The molecule has 0 fully saturated rings. The predicted molar refractivity (Wildman–Crippen MR) is 141 cm³/mol. The second-order valence-electron chi connectivity index (χ2n) is 10.2. The molecule has 0 aliphatic rings. The fraction of sp³-hybridized carbons (Fsp3) is 0.276. The summed E-state index contributed by atoms with van der Waals surface area (Å²) in [6.07, 6.45) is -3.09. The molecule has 39 heavy (non-hydrogen) atoms. The number of furan rings is 1. The van der Waals surface area contributed by atoms with Gasteiger partial charge in [-0.25, -0.2) is 4.68 Å². The molecule has 0 bridgehead atoms. The van der Waals surface area contributed by atoms with E-state index in [0.29, 0.717) is 11.6 Å². The minimum atomic E-state index is -4.53. The minimum Gasteiger partial charge on any atom is -0.467 e. The SMILES string of the molecule is Cc1ccccc1-n1nc(C(C)(C)C)cc1NC(=O)CN(Cc1ccco1)C(=O)c1ccc(C(F)(F)F)cc1. The lowest BCUT2D eigenvalue weighted by Gasteiger charge is -2.22. The number of amides is 2. The molecule has 0 saturated heterocycles. The molecule has 0 spiro atoms. The molecule has 0 aliphatic heterocycles. The molecule has 0 saturated carbocycles. The van der Waals surface area contributed by atoms with Gasteiger partial charge in [0.25, 0.3) is 5.91 Å². The number of nitrogens with one attached hydrogen (secondary N) is 1. The second-order valence-corrected chi connectivity index (χ2v) is 10.2. The smallest absolute Gasteiger partial charge is 0.416 e. The summed E-state index contributed by atoms with van der Waals surface area (Å²) in [5.41, 5.74) is 1.35. The maximum absolute atomic E-state index is 13.3. The summed E-state index contributed by atoms with van der Waals surface area (Å²) in [5, 5.41) is 7.59. The molecule has 2 aromatic heterocycles. The van der Waals surface area contributed by atoms with E-state index < -0.39 is 23.6 Å². The van der Waals surface area contributed by atoms with Crippen LogP contribution in [0.5, 0.6) is 0 Å². The lowest BCUT2D eigenvalue weighted by Crippen LogP contribution is -2.37. The zero-order valence-electron chi connectivity index (χ0n) is 22.0. The van der Waals surface area contributed by atoms with E-state index in [0.717, 1.165) is 41.2 Å². The van der Waals surface area contributed by atoms with Crippen LogP contribution in [0.4, 0.5) is 19.0 Å². The Morgan fingerprint density at radius 2 is 1.69 bits per heavy atom. The van der Waals surface area contributed by atoms with Crippen molar-refractivity contribution >= 4 is 17.6 Å². The molecule has 204 valence electrons. The number of benzene rings is 2. The Morgan fingerprint density at radius 3 is 2.28 bits per heavy atom. The third kappa shape index (κ3) is 6.57. The number of aromatic nitrogens is 2. The van der Waals surface area contributed by atoms with Gasteiger partial charge in [0.1, 0.15) is 18.1 Å². The number of hydrogen-bond acceptors (Lipinski definition) is 4. The van der Waals surface area contributed by atoms with E-state index in [1.807, 2.05) is 52.0 Å². The van der Waals surface area contributed by atoms with Crippen LogP contribution in [0.15, 0.2) is 77.4 Å². The van der Waals surface area contributed by atoms with Crippen LogP contribution in [0.25, 0.3) is 5.69 Å². The van der Waals surface area contributed by atoms with Crippen LogP contribution < -0.4 is 5.32 Å². The van der Waals surface area contributed by atoms with Gasteiger partial charge in [-0.1, -0.05) is 39.0 Å². The molecule has 0 aliphatic carbocycles. The van der Waals surface area contributed by atoms with Crippen molar-refractivity contribution in [2.75, 3.05) is 11.9 Å². The van der Waals surface area contributed by atoms with Crippen LogP contribution in [0, 0.1) is 6.92 Å². The fourth-order valence-corrected chi connectivity index (χ4v) is 3.95. The second kappa shape index (κ2) is 10.8. The van der Waals surface area contributed by atoms with Crippen molar-refractivity contribution in [1.82, 2.24) is 14.7 Å². The van der Waals surface area contributed by atoms with Crippen molar-refractivity contribution in [3.63, 3.8) is 0 Å². The highest BCUT2D eigenvalue weighted by Gasteiger charge is 2.31. The van der Waals surface area contributed by atoms with Gasteiger partial charge in [0, 0.05) is 17.0 Å². The molecule has 4 aromatic rings. The highest BCUT2D eigenvalue weighted by Crippen LogP contribution is 2.30. The Hall–Kier alpha value is -4.34. The molecular formula is C29H29F3N4O3. The van der Waals surface area contributed by atoms with Crippen LogP contribution >= 0.6 is 0 Å². The Labute approximate surface area is 224 Å². The van der Waals surface area contributed by atoms with Gasteiger partial charge < -0.3 is 14.6 Å². The van der Waals surface area contributed by atoms with E-state index in [-0.39, 0.29) is 24.1 Å². The maximum atomic E-state index is 13.3. The molecular weight excluding hydrogens is 509 g/mol. The Kier molecular flexibility index (Phi) is 7.67. The number of anilines is 1. The average Bonchev–Trinajstić information content (AvgIpc) is 3.53. The monoisotopic (exact) mass is 538 g/mol. The van der Waals surface area contributed by atoms with Crippen LogP contribution in [0.3, 0.4) is 0 Å². The Bertz CT molecular complexity index is 1450. The summed E-state index contributed by atoms with van der Waals surface area (Å²) in [5.74, 6) is -0.266. The molecule has 0 atom stereocenters. The number of halogens is 3. The lowest BCUT2D eigenvalue weighted by molar-refractivity contribution is -0.137. The third-order valence-electron chi connectivity index (χ3n) is 6.10. The molecule has 2 amide bonds. The molecule has 2 aromatic carbocycles. The number of rotatable bonds is 7. The number of alkyl halides is 3. The first kappa shape index (κ1) is 27.7. The van der Waals surface area contributed by atoms with Crippen molar-refractivity contribution in [2.45, 2.75) is 45.8 Å². The normalized spacial score (nSPS) is 11.9. The number of para-hydroxylation sites is 1. The molecule has 10 heteroatoms. The highest BCUT2D eigenvalue weighted by atomic mass is 19.4. The van der Waals surface area contributed by atoms with Crippen molar-refractivity contribution in [3.05, 3.63) is 101 Å². The molecule has 1 N–H and O–H groups in total. The van der Waals surface area contributed by atoms with Gasteiger partial charge in [-0.3, -0.25) is 9.59 Å². The molecule has 7 nitrogen and oxygen atoms in total. The molecule has 4 rings (SSSR count). The van der Waals surface area contributed by atoms with Gasteiger partial charge >= 0.3 is 6.18 Å². The number of carbonyl (C=O) groups is 2. The topological polar surface area (TPSA) is 80.4 Å². The summed E-state index contributed by atoms with van der Waals surface area (Å²) in [6.45, 7) is 7.55. The lowest BCUT2D eigenvalue weighted by atomic mass is 9.92. The first-order valence-corrected chi connectivity index (χ1v) is 12.3. The Balaban J connectivity index is 1.61. The zero-order chi connectivity index (χ0) is 28.4. The first-order valence-electron chi connectivity index (χ1n) is 12.3. The van der Waals surface area contributed by atoms with Crippen molar-refractivity contribution in [2.24, 2.45) is 0 Å². The number of hydrogen-bond donors (Lipinski definition) is 1. The summed E-state index contributed by atoms with van der Waals surface area (Å²) >= 11 is 0. The van der Waals surface area contributed by atoms with Crippen LogP contribution in [0.2, 0.25) is 0 Å². The van der Waals surface area contributed by atoms with E-state index in [4.69, 9.17) is 9.52 Å². The van der Waals surface area contributed by atoms with Crippen molar-refractivity contribution in [3.8, 4) is 5.69 Å². The van der Waals surface area contributed by atoms with Gasteiger partial charge in [0.2, 0.25) is 5.91 Å². The number of nitrogens with zero attached hydrogens (tertiary/aromatic N) is 3. The quantitative estimate of drug-likeness (QED) is 0.297. The number of carbonyl (C=O) groups excluding carboxylic acids is 2. The van der Waals surface area contributed by atoms with Gasteiger partial charge in [0.05, 0.1) is 29.8 Å². The van der Waals surface area contributed by atoms with E-state index >= 15 is 0 Å². The van der Waals surface area contributed by atoms with E-state index in [9.17, 15) is 22.8 Å². The summed E-state index contributed by atoms with van der Waals surface area (Å²) in [4.78, 5) is 27.8. The predicted octanol–water partition coefficient (Wildman–Crippen LogP) is 6.37. The van der Waals surface area contributed by atoms with Crippen LogP contribution in [-0.4, -0.2) is 33.0 Å². The van der Waals surface area contributed by atoms with Gasteiger partial charge in [0.15, 0.2) is 0 Å². The van der Waals surface area contributed by atoms with Gasteiger partial charge in [-0.05, 0) is 55.0 Å². The minimum absolute atomic E-state index is 0.0160. The van der Waals surface area contributed by atoms with E-state index in [1.54, 1.807) is 22.9 Å². The third-order valence-corrected chi connectivity index (χ3v) is 6.10. The van der Waals surface area contributed by atoms with Crippen LogP contribution in [0.1, 0.15) is 53.7 Å². The molecule has 0 radical (unpaired) electrons.